The van der Waals surface area contributed by atoms with Gasteiger partial charge in [-0.05, 0) is 43.6 Å². The molecule has 3 rings (SSSR count). The SMILES string of the molecule is Nc1n[nH]c(C2CCN(Cc3ccc(Cl)c(Cl)c3)CC2)n1. The molecule has 0 unspecified atom stereocenters. The topological polar surface area (TPSA) is 70.8 Å². The summed E-state index contributed by atoms with van der Waals surface area (Å²) in [4.78, 5) is 6.64. The molecule has 112 valence electrons. The van der Waals surface area contributed by atoms with Gasteiger partial charge in [0.05, 0.1) is 10.0 Å². The Labute approximate surface area is 133 Å². The van der Waals surface area contributed by atoms with Gasteiger partial charge in [-0.3, -0.25) is 10.00 Å². The molecule has 1 aliphatic heterocycles. The van der Waals surface area contributed by atoms with Crippen LogP contribution in [-0.2, 0) is 6.54 Å². The first-order valence-corrected chi connectivity index (χ1v) is 7.71. The number of hydrogen-bond acceptors (Lipinski definition) is 4. The highest BCUT2D eigenvalue weighted by atomic mass is 35.5. The lowest BCUT2D eigenvalue weighted by molar-refractivity contribution is 0.202. The zero-order valence-electron chi connectivity index (χ0n) is 11.5. The van der Waals surface area contributed by atoms with E-state index in [9.17, 15) is 0 Å². The van der Waals surface area contributed by atoms with E-state index in [4.69, 9.17) is 28.9 Å². The van der Waals surface area contributed by atoms with Crippen LogP contribution in [0.5, 0.6) is 0 Å². The Hall–Kier alpha value is -1.30. The molecule has 3 N–H and O–H groups in total. The van der Waals surface area contributed by atoms with Crippen LogP contribution in [-0.4, -0.2) is 33.2 Å². The number of halogens is 2. The van der Waals surface area contributed by atoms with Gasteiger partial charge in [0.2, 0.25) is 5.95 Å². The van der Waals surface area contributed by atoms with E-state index in [0.717, 1.165) is 38.3 Å². The van der Waals surface area contributed by atoms with E-state index in [1.54, 1.807) is 0 Å². The van der Waals surface area contributed by atoms with Crippen molar-refractivity contribution in [3.05, 3.63) is 39.6 Å². The number of hydrogen-bond donors (Lipinski definition) is 2. The summed E-state index contributed by atoms with van der Waals surface area (Å²) >= 11 is 12.0. The summed E-state index contributed by atoms with van der Waals surface area (Å²) in [5.74, 6) is 1.64. The highest BCUT2D eigenvalue weighted by molar-refractivity contribution is 6.42. The Balaban J connectivity index is 1.57. The maximum atomic E-state index is 6.06. The molecule has 0 radical (unpaired) electrons. The average Bonchev–Trinajstić information content (AvgIpc) is 2.90. The van der Waals surface area contributed by atoms with Crippen LogP contribution in [0.4, 0.5) is 5.95 Å². The maximum Gasteiger partial charge on any atom is 0.239 e. The first-order valence-electron chi connectivity index (χ1n) is 6.96. The standard InChI is InChI=1S/C14H17Cl2N5/c15-11-2-1-9(7-12(11)16)8-21-5-3-10(4-6-21)13-18-14(17)20-19-13/h1-2,7,10H,3-6,8H2,(H3,17,18,19,20). The summed E-state index contributed by atoms with van der Waals surface area (Å²) in [5, 5.41) is 8.03. The number of nitrogens with zero attached hydrogens (tertiary/aromatic N) is 3. The molecule has 1 aromatic carbocycles. The van der Waals surface area contributed by atoms with Gasteiger partial charge in [-0.15, -0.1) is 5.10 Å². The predicted molar refractivity (Wildman–Crippen MR) is 84.5 cm³/mol. The van der Waals surface area contributed by atoms with Crippen LogP contribution in [0.15, 0.2) is 18.2 Å². The fourth-order valence-electron chi connectivity index (χ4n) is 2.73. The third-order valence-corrected chi connectivity index (χ3v) is 4.62. The van der Waals surface area contributed by atoms with Crippen LogP contribution in [0, 0.1) is 0 Å². The number of nitrogens with one attached hydrogen (secondary N) is 1. The molecule has 7 heteroatoms. The van der Waals surface area contributed by atoms with Crippen molar-refractivity contribution in [3.8, 4) is 0 Å². The molecule has 1 aromatic heterocycles. The minimum atomic E-state index is 0.322. The van der Waals surface area contributed by atoms with Crippen LogP contribution in [0.2, 0.25) is 10.0 Å². The number of aromatic amines is 1. The zero-order chi connectivity index (χ0) is 14.8. The number of aromatic nitrogens is 3. The van der Waals surface area contributed by atoms with Gasteiger partial charge in [0.25, 0.3) is 0 Å². The fraction of sp³-hybridized carbons (Fsp3) is 0.429. The minimum Gasteiger partial charge on any atom is -0.367 e. The molecule has 1 saturated heterocycles. The molecule has 0 atom stereocenters. The Morgan fingerprint density at radius 1 is 1.24 bits per heavy atom. The van der Waals surface area contributed by atoms with Crippen molar-refractivity contribution >= 4 is 29.2 Å². The number of H-pyrrole nitrogens is 1. The van der Waals surface area contributed by atoms with Gasteiger partial charge in [-0.2, -0.15) is 4.98 Å². The smallest absolute Gasteiger partial charge is 0.239 e. The van der Waals surface area contributed by atoms with E-state index in [2.05, 4.69) is 20.1 Å². The van der Waals surface area contributed by atoms with Crippen LogP contribution in [0.1, 0.15) is 30.1 Å². The molecule has 1 fully saturated rings. The molecular formula is C14H17Cl2N5. The Morgan fingerprint density at radius 3 is 2.62 bits per heavy atom. The molecule has 2 heterocycles. The van der Waals surface area contributed by atoms with Crippen molar-refractivity contribution in [1.29, 1.82) is 0 Å². The summed E-state index contributed by atoms with van der Waals surface area (Å²) < 4.78 is 0. The molecule has 21 heavy (non-hydrogen) atoms. The lowest BCUT2D eigenvalue weighted by Gasteiger charge is -2.30. The summed E-state index contributed by atoms with van der Waals surface area (Å²) in [7, 11) is 0. The minimum absolute atomic E-state index is 0.322. The Bertz CT molecular complexity index is 620. The third-order valence-electron chi connectivity index (χ3n) is 3.88. The first kappa shape index (κ1) is 14.6. The summed E-state index contributed by atoms with van der Waals surface area (Å²) in [6.45, 7) is 2.93. The lowest BCUT2D eigenvalue weighted by atomic mass is 9.96. The van der Waals surface area contributed by atoms with E-state index < -0.39 is 0 Å². The first-order chi connectivity index (χ1) is 10.1. The Kier molecular flexibility index (Phi) is 4.33. The average molecular weight is 326 g/mol. The van der Waals surface area contributed by atoms with E-state index >= 15 is 0 Å². The second-order valence-electron chi connectivity index (χ2n) is 5.38. The number of nitrogens with two attached hydrogens (primary N) is 1. The summed E-state index contributed by atoms with van der Waals surface area (Å²) in [5.41, 5.74) is 6.74. The Morgan fingerprint density at radius 2 is 2.00 bits per heavy atom. The molecule has 1 aliphatic rings. The van der Waals surface area contributed by atoms with Crippen LogP contribution in [0.25, 0.3) is 0 Å². The van der Waals surface area contributed by atoms with Gasteiger partial charge < -0.3 is 5.73 Å². The van der Waals surface area contributed by atoms with Crippen LogP contribution >= 0.6 is 23.2 Å². The molecule has 0 spiro atoms. The largest absolute Gasteiger partial charge is 0.367 e. The van der Waals surface area contributed by atoms with Gasteiger partial charge >= 0.3 is 0 Å². The number of nitrogen functional groups attached to an aromatic ring is 1. The van der Waals surface area contributed by atoms with Gasteiger partial charge in [-0.1, -0.05) is 29.3 Å². The monoisotopic (exact) mass is 325 g/mol. The highest BCUT2D eigenvalue weighted by Crippen LogP contribution is 2.28. The number of anilines is 1. The molecular weight excluding hydrogens is 309 g/mol. The van der Waals surface area contributed by atoms with Gasteiger partial charge in [0.15, 0.2) is 0 Å². The number of rotatable bonds is 3. The van der Waals surface area contributed by atoms with Gasteiger partial charge in [-0.25, -0.2) is 0 Å². The van der Waals surface area contributed by atoms with E-state index in [1.165, 1.54) is 5.56 Å². The maximum absolute atomic E-state index is 6.06. The normalized spacial score (nSPS) is 17.2. The van der Waals surface area contributed by atoms with E-state index in [-0.39, 0.29) is 0 Å². The van der Waals surface area contributed by atoms with Gasteiger partial charge in [0, 0.05) is 12.5 Å². The lowest BCUT2D eigenvalue weighted by Crippen LogP contribution is -2.32. The summed E-state index contributed by atoms with van der Waals surface area (Å²) in [6, 6.07) is 5.81. The van der Waals surface area contributed by atoms with E-state index in [0.29, 0.717) is 21.9 Å². The van der Waals surface area contributed by atoms with Crippen LogP contribution < -0.4 is 5.73 Å². The van der Waals surface area contributed by atoms with Crippen molar-refractivity contribution in [1.82, 2.24) is 20.1 Å². The second kappa shape index (κ2) is 6.22. The number of piperidine rings is 1. The zero-order valence-corrected chi connectivity index (χ0v) is 13.0. The molecule has 0 bridgehead atoms. The van der Waals surface area contributed by atoms with Crippen molar-refractivity contribution in [2.24, 2.45) is 0 Å². The van der Waals surface area contributed by atoms with Crippen LogP contribution in [0.3, 0.4) is 0 Å². The number of benzene rings is 1. The van der Waals surface area contributed by atoms with Gasteiger partial charge in [0.1, 0.15) is 5.82 Å². The van der Waals surface area contributed by atoms with E-state index in [1.807, 2.05) is 18.2 Å². The van der Waals surface area contributed by atoms with Crippen molar-refractivity contribution in [2.75, 3.05) is 18.8 Å². The fourth-order valence-corrected chi connectivity index (χ4v) is 3.05. The molecule has 0 saturated carbocycles. The molecule has 0 amide bonds. The predicted octanol–water partition coefficient (Wildman–Crippen LogP) is 3.07. The van der Waals surface area contributed by atoms with Crippen molar-refractivity contribution in [2.45, 2.75) is 25.3 Å². The number of likely N-dealkylation sites (tertiary alicyclic amines) is 1. The van der Waals surface area contributed by atoms with Crippen molar-refractivity contribution < 1.29 is 0 Å². The summed E-state index contributed by atoms with van der Waals surface area (Å²) in [6.07, 6.45) is 2.10. The van der Waals surface area contributed by atoms with Crippen molar-refractivity contribution in [3.63, 3.8) is 0 Å². The molecule has 2 aromatic rings. The molecule has 0 aliphatic carbocycles. The molecule has 5 nitrogen and oxygen atoms in total. The highest BCUT2D eigenvalue weighted by Gasteiger charge is 2.23. The second-order valence-corrected chi connectivity index (χ2v) is 6.19. The quantitative estimate of drug-likeness (QED) is 0.909. The third kappa shape index (κ3) is 3.48.